The zero-order chi connectivity index (χ0) is 24.2. The smallest absolute Gasteiger partial charge is 0.365 e. The second kappa shape index (κ2) is 10.2. The van der Waals surface area contributed by atoms with Crippen molar-refractivity contribution in [2.45, 2.75) is 31.5 Å². The molecule has 1 aromatic carbocycles. The average molecular weight is 485 g/mol. The van der Waals surface area contributed by atoms with E-state index < -0.39 is 30.5 Å². The van der Waals surface area contributed by atoms with Crippen molar-refractivity contribution >= 4 is 41.6 Å². The number of nitrogens with two attached hydrogens (primary N) is 1. The highest BCUT2D eigenvalue weighted by atomic mass is 35.5. The highest BCUT2D eigenvalue weighted by Gasteiger charge is 2.37. The number of hydrogen-bond acceptors (Lipinski definition) is 5. The third kappa shape index (κ3) is 6.47. The summed E-state index contributed by atoms with van der Waals surface area (Å²) in [5.41, 5.74) is 6.37. The van der Waals surface area contributed by atoms with E-state index in [1.807, 2.05) is 5.32 Å². The van der Waals surface area contributed by atoms with Gasteiger partial charge in [-0.2, -0.15) is 18.3 Å². The maximum absolute atomic E-state index is 12.4. The summed E-state index contributed by atoms with van der Waals surface area (Å²) in [7, 11) is 0. The lowest BCUT2D eigenvalue weighted by atomic mass is 9.77. The van der Waals surface area contributed by atoms with Crippen molar-refractivity contribution in [3.8, 4) is 0 Å². The molecule has 178 valence electrons. The molecule has 3 atom stereocenters. The van der Waals surface area contributed by atoms with Gasteiger partial charge in [-0.15, -0.1) is 0 Å². The molecule has 0 aliphatic heterocycles. The fourth-order valence-electron chi connectivity index (χ4n) is 4.03. The molecule has 1 saturated carbocycles. The normalized spacial score (nSPS) is 20.8. The van der Waals surface area contributed by atoms with Crippen LogP contribution in [0, 0.1) is 11.8 Å². The second-order valence-electron chi connectivity index (χ2n) is 7.94. The number of benzene rings is 1. The van der Waals surface area contributed by atoms with Gasteiger partial charge in [0.25, 0.3) is 5.91 Å². The largest absolute Gasteiger partial charge is 0.405 e. The Balaban J connectivity index is 1.78. The predicted octanol–water partition coefficient (Wildman–Crippen LogP) is 3.72. The van der Waals surface area contributed by atoms with Gasteiger partial charge in [0.05, 0.1) is 6.04 Å². The lowest BCUT2D eigenvalue weighted by Gasteiger charge is -2.35. The van der Waals surface area contributed by atoms with Gasteiger partial charge in [-0.3, -0.25) is 14.3 Å². The third-order valence-corrected chi connectivity index (χ3v) is 5.84. The monoisotopic (exact) mass is 484 g/mol. The summed E-state index contributed by atoms with van der Waals surface area (Å²) in [6.07, 6.45) is -1.79. The zero-order valence-corrected chi connectivity index (χ0v) is 18.4. The van der Waals surface area contributed by atoms with E-state index in [0.717, 1.165) is 0 Å². The zero-order valence-electron chi connectivity index (χ0n) is 17.6. The quantitative estimate of drug-likeness (QED) is 0.495. The Morgan fingerprint density at radius 2 is 1.97 bits per heavy atom. The maximum Gasteiger partial charge on any atom is 0.405 e. The van der Waals surface area contributed by atoms with Crippen molar-refractivity contribution < 1.29 is 22.8 Å². The lowest BCUT2D eigenvalue weighted by molar-refractivity contribution is -0.141. The summed E-state index contributed by atoms with van der Waals surface area (Å²) in [4.78, 5) is 28.2. The lowest BCUT2D eigenvalue weighted by Crippen LogP contribution is -2.41. The van der Waals surface area contributed by atoms with Crippen LogP contribution < -0.4 is 16.4 Å². The fraction of sp³-hybridized carbons (Fsp3) is 0.429. The minimum atomic E-state index is -4.47. The average Bonchev–Trinajstić information content (AvgIpc) is 3.17. The van der Waals surface area contributed by atoms with E-state index in [1.54, 1.807) is 28.9 Å². The van der Waals surface area contributed by atoms with Crippen molar-refractivity contribution in [2.75, 3.05) is 18.4 Å². The highest BCUT2D eigenvalue weighted by molar-refractivity contribution is 6.30. The van der Waals surface area contributed by atoms with E-state index in [1.165, 1.54) is 6.20 Å². The molecule has 33 heavy (non-hydrogen) atoms. The van der Waals surface area contributed by atoms with Crippen LogP contribution >= 0.6 is 11.6 Å². The van der Waals surface area contributed by atoms with Gasteiger partial charge in [-0.05, 0) is 50.2 Å². The number of halogens is 4. The summed E-state index contributed by atoms with van der Waals surface area (Å²) in [5, 5.41) is 10.1. The molecule has 1 aliphatic carbocycles. The molecule has 0 bridgehead atoms. The van der Waals surface area contributed by atoms with E-state index >= 15 is 0 Å². The van der Waals surface area contributed by atoms with Gasteiger partial charge in [-0.1, -0.05) is 11.6 Å². The van der Waals surface area contributed by atoms with E-state index in [9.17, 15) is 22.8 Å². The molecule has 1 aliphatic rings. The minimum absolute atomic E-state index is 0.181. The van der Waals surface area contributed by atoms with Gasteiger partial charge < -0.3 is 21.4 Å². The standard InChI is InChI=1S/C21H24ClF3N6O2/c1-27-9-13-8-12(20(33)28-11-21(23,24)25)2-7-17(13)31-10-16(18(26)32)19(30-31)29-15-5-3-14(22)4-6-15/h3-6,10,12-13,17H,1-2,7-9,11H2,(H2,26,32)(H,28,33)(H,29,30). The summed E-state index contributed by atoms with van der Waals surface area (Å²) >= 11 is 5.90. The number of carbonyl (C=O) groups is 2. The van der Waals surface area contributed by atoms with Crippen LogP contribution in [0.25, 0.3) is 0 Å². The van der Waals surface area contributed by atoms with Crippen LogP contribution in [-0.4, -0.2) is 47.6 Å². The summed E-state index contributed by atoms with van der Waals surface area (Å²) in [5.74, 6) is -1.82. The molecule has 1 heterocycles. The molecule has 0 saturated heterocycles. The van der Waals surface area contributed by atoms with Crippen molar-refractivity contribution in [3.63, 3.8) is 0 Å². The predicted molar refractivity (Wildman–Crippen MR) is 119 cm³/mol. The SMILES string of the molecule is C=NCC1CC(C(=O)NCC(F)(F)F)CCC1n1cc(C(N)=O)c(Nc2ccc(Cl)cc2)n1. The van der Waals surface area contributed by atoms with Gasteiger partial charge >= 0.3 is 6.18 Å². The molecule has 0 spiro atoms. The molecule has 2 aromatic rings. The molecule has 12 heteroatoms. The molecule has 8 nitrogen and oxygen atoms in total. The van der Waals surface area contributed by atoms with Crippen molar-refractivity contribution in [3.05, 3.63) is 41.0 Å². The van der Waals surface area contributed by atoms with Crippen LogP contribution in [0.2, 0.25) is 5.02 Å². The van der Waals surface area contributed by atoms with E-state index in [2.05, 4.69) is 22.1 Å². The van der Waals surface area contributed by atoms with Crippen molar-refractivity contribution in [1.82, 2.24) is 15.1 Å². The summed E-state index contributed by atoms with van der Waals surface area (Å²) < 4.78 is 38.9. The van der Waals surface area contributed by atoms with E-state index in [4.69, 9.17) is 17.3 Å². The van der Waals surface area contributed by atoms with E-state index in [0.29, 0.717) is 36.5 Å². The van der Waals surface area contributed by atoms with E-state index in [-0.39, 0.29) is 23.3 Å². The first-order chi connectivity index (χ1) is 15.6. The number of primary amides is 1. The third-order valence-electron chi connectivity index (χ3n) is 5.58. The first-order valence-electron chi connectivity index (χ1n) is 10.3. The van der Waals surface area contributed by atoms with Crippen LogP contribution in [0.4, 0.5) is 24.7 Å². The van der Waals surface area contributed by atoms with Gasteiger partial charge in [0.15, 0.2) is 5.82 Å². The summed E-state index contributed by atoms with van der Waals surface area (Å²) in [6.45, 7) is 2.44. The number of alkyl halides is 3. The number of amides is 2. The Bertz CT molecular complexity index is 1010. The number of aromatic nitrogens is 2. The number of carbonyl (C=O) groups excluding carboxylic acids is 2. The highest BCUT2D eigenvalue weighted by Crippen LogP contribution is 2.38. The summed E-state index contributed by atoms with van der Waals surface area (Å²) in [6, 6.07) is 6.58. The second-order valence-corrected chi connectivity index (χ2v) is 8.38. The number of rotatable bonds is 8. The molecule has 1 fully saturated rings. The fourth-order valence-corrected chi connectivity index (χ4v) is 4.16. The van der Waals surface area contributed by atoms with Crippen molar-refractivity contribution in [1.29, 1.82) is 0 Å². The number of aliphatic imine (C=N–C) groups is 1. The molecule has 3 unspecified atom stereocenters. The molecule has 2 amide bonds. The number of nitrogens with one attached hydrogen (secondary N) is 2. The molecular weight excluding hydrogens is 461 g/mol. The molecule has 1 aromatic heterocycles. The van der Waals surface area contributed by atoms with Gasteiger partial charge in [0.1, 0.15) is 12.1 Å². The number of anilines is 2. The molecule has 0 radical (unpaired) electrons. The minimum Gasteiger partial charge on any atom is -0.365 e. The molecule has 3 rings (SSSR count). The first kappa shape index (κ1) is 24.6. The van der Waals surface area contributed by atoms with Gasteiger partial charge in [0, 0.05) is 35.3 Å². The van der Waals surface area contributed by atoms with Crippen molar-refractivity contribution in [2.24, 2.45) is 22.6 Å². The number of nitrogens with zero attached hydrogens (tertiary/aromatic N) is 3. The van der Waals surface area contributed by atoms with Gasteiger partial charge in [-0.25, -0.2) is 0 Å². The van der Waals surface area contributed by atoms with Gasteiger partial charge in [0.2, 0.25) is 5.91 Å². The Labute approximate surface area is 193 Å². The van der Waals surface area contributed by atoms with Crippen LogP contribution in [0.3, 0.4) is 0 Å². The molecular formula is C21H24ClF3N6O2. The topological polar surface area (TPSA) is 114 Å². The maximum atomic E-state index is 12.4. The molecule has 4 N–H and O–H groups in total. The van der Waals surface area contributed by atoms with Crippen LogP contribution in [-0.2, 0) is 4.79 Å². The Morgan fingerprint density at radius 1 is 1.27 bits per heavy atom. The Hall–Kier alpha value is -3.08. The Morgan fingerprint density at radius 3 is 2.58 bits per heavy atom. The number of hydrogen-bond donors (Lipinski definition) is 3. The first-order valence-corrected chi connectivity index (χ1v) is 10.6. The van der Waals surface area contributed by atoms with Crippen LogP contribution in [0.1, 0.15) is 35.7 Å². The Kier molecular flexibility index (Phi) is 7.62. The van der Waals surface area contributed by atoms with Crippen LogP contribution in [0.15, 0.2) is 35.5 Å². The van der Waals surface area contributed by atoms with Crippen LogP contribution in [0.5, 0.6) is 0 Å².